The van der Waals surface area contributed by atoms with E-state index in [1.54, 1.807) is 7.11 Å². The molecule has 0 heterocycles. The van der Waals surface area contributed by atoms with E-state index < -0.39 is 0 Å². The van der Waals surface area contributed by atoms with Crippen molar-refractivity contribution in [3.8, 4) is 5.75 Å². The molecule has 0 aromatic heterocycles. The quantitative estimate of drug-likeness (QED) is 0.793. The van der Waals surface area contributed by atoms with E-state index >= 15 is 0 Å². The van der Waals surface area contributed by atoms with Crippen LogP contribution in [-0.2, 0) is 9.53 Å². The summed E-state index contributed by atoms with van der Waals surface area (Å²) in [4.78, 5) is 11.2. The van der Waals surface area contributed by atoms with Gasteiger partial charge in [0, 0.05) is 16.6 Å². The number of anilines is 1. The number of hydrogen-bond acceptors (Lipinski definition) is 4. The molecular formula is C12H15Br2NO3. The van der Waals surface area contributed by atoms with Crippen molar-refractivity contribution in [3.05, 3.63) is 21.1 Å². The zero-order chi connectivity index (χ0) is 13.7. The van der Waals surface area contributed by atoms with Crippen LogP contribution in [-0.4, -0.2) is 26.2 Å². The van der Waals surface area contributed by atoms with Gasteiger partial charge >= 0.3 is 5.97 Å². The Morgan fingerprint density at radius 1 is 1.33 bits per heavy atom. The van der Waals surface area contributed by atoms with Crippen LogP contribution in [0.2, 0.25) is 0 Å². The smallest absolute Gasteiger partial charge is 0.307 e. The second-order valence-electron chi connectivity index (χ2n) is 3.79. The van der Waals surface area contributed by atoms with Crippen LogP contribution in [0.3, 0.4) is 0 Å². The molecule has 18 heavy (non-hydrogen) atoms. The van der Waals surface area contributed by atoms with Crippen LogP contribution in [0, 0.1) is 0 Å². The molecule has 1 N–H and O–H groups in total. The molecule has 0 spiro atoms. The highest BCUT2D eigenvalue weighted by molar-refractivity contribution is 9.11. The zero-order valence-corrected chi connectivity index (χ0v) is 13.6. The molecule has 0 radical (unpaired) electrons. The maximum atomic E-state index is 11.2. The summed E-state index contributed by atoms with van der Waals surface area (Å²) in [5.41, 5.74) is 0.867. The third kappa shape index (κ3) is 4.17. The van der Waals surface area contributed by atoms with Crippen LogP contribution in [0.5, 0.6) is 5.75 Å². The molecule has 0 fully saturated rings. The van der Waals surface area contributed by atoms with Crippen LogP contribution >= 0.6 is 31.9 Å². The molecule has 4 nitrogen and oxygen atoms in total. The second-order valence-corrected chi connectivity index (χ2v) is 5.50. The van der Waals surface area contributed by atoms with Gasteiger partial charge in [0.15, 0.2) is 0 Å². The first-order valence-corrected chi connectivity index (χ1v) is 6.93. The molecule has 0 aliphatic heterocycles. The van der Waals surface area contributed by atoms with Crippen LogP contribution in [0.15, 0.2) is 21.1 Å². The number of carbonyl (C=O) groups is 1. The molecule has 1 atom stereocenters. The Labute approximate surface area is 123 Å². The van der Waals surface area contributed by atoms with E-state index in [0.29, 0.717) is 6.42 Å². The number of esters is 1. The molecular weight excluding hydrogens is 366 g/mol. The number of nitrogens with one attached hydrogen (secondary N) is 1. The van der Waals surface area contributed by atoms with Crippen molar-refractivity contribution >= 4 is 43.5 Å². The van der Waals surface area contributed by atoms with Crippen molar-refractivity contribution in [2.45, 2.75) is 19.4 Å². The summed E-state index contributed by atoms with van der Waals surface area (Å²) in [5.74, 6) is 0.487. The standard InChI is InChI=1S/C12H15Br2NO3/c1-7(4-12(16)18-3)15-10-6-11(17-2)9(14)5-8(10)13/h5-7,15H,4H2,1-3H3. The number of benzene rings is 1. The molecule has 0 aliphatic carbocycles. The van der Waals surface area contributed by atoms with Gasteiger partial charge in [-0.1, -0.05) is 0 Å². The average Bonchev–Trinajstić information content (AvgIpc) is 2.32. The SMILES string of the molecule is COC(=O)CC(C)Nc1cc(OC)c(Br)cc1Br. The molecule has 1 unspecified atom stereocenters. The Balaban J connectivity index is 2.80. The van der Waals surface area contributed by atoms with E-state index in [0.717, 1.165) is 20.4 Å². The van der Waals surface area contributed by atoms with Gasteiger partial charge in [-0.05, 0) is 44.8 Å². The Hall–Kier alpha value is -0.750. The summed E-state index contributed by atoms with van der Waals surface area (Å²) in [6.07, 6.45) is 0.307. The fraction of sp³-hybridized carbons (Fsp3) is 0.417. The number of carbonyl (C=O) groups excluding carboxylic acids is 1. The van der Waals surface area contributed by atoms with Gasteiger partial charge in [0.25, 0.3) is 0 Å². The molecule has 0 aliphatic rings. The van der Waals surface area contributed by atoms with E-state index in [4.69, 9.17) is 4.74 Å². The highest BCUT2D eigenvalue weighted by atomic mass is 79.9. The first-order chi connectivity index (χ1) is 8.47. The molecule has 0 bridgehead atoms. The predicted molar refractivity (Wildman–Crippen MR) is 78.1 cm³/mol. The van der Waals surface area contributed by atoms with Crippen molar-refractivity contribution in [2.75, 3.05) is 19.5 Å². The van der Waals surface area contributed by atoms with Crippen LogP contribution in [0.25, 0.3) is 0 Å². The van der Waals surface area contributed by atoms with Crippen molar-refractivity contribution < 1.29 is 14.3 Å². The first kappa shape index (κ1) is 15.3. The minimum atomic E-state index is -0.241. The topological polar surface area (TPSA) is 47.6 Å². The van der Waals surface area contributed by atoms with Crippen LogP contribution < -0.4 is 10.1 Å². The Bertz CT molecular complexity index is 438. The van der Waals surface area contributed by atoms with E-state index in [1.807, 2.05) is 19.1 Å². The molecule has 1 aromatic carbocycles. The molecule has 0 saturated heterocycles. The fourth-order valence-corrected chi connectivity index (χ4v) is 2.72. The summed E-state index contributed by atoms with van der Waals surface area (Å²) in [6.45, 7) is 1.91. The van der Waals surface area contributed by atoms with E-state index in [-0.39, 0.29) is 12.0 Å². The number of hydrogen-bond donors (Lipinski definition) is 1. The predicted octanol–water partition coefficient (Wildman–Crippen LogP) is 3.58. The number of rotatable bonds is 5. The third-order valence-electron chi connectivity index (χ3n) is 2.34. The lowest BCUT2D eigenvalue weighted by Crippen LogP contribution is -2.20. The lowest BCUT2D eigenvalue weighted by molar-refractivity contribution is -0.140. The van der Waals surface area contributed by atoms with Gasteiger partial charge in [0.2, 0.25) is 0 Å². The molecule has 1 aromatic rings. The minimum Gasteiger partial charge on any atom is -0.495 e. The molecule has 6 heteroatoms. The van der Waals surface area contributed by atoms with Crippen LogP contribution in [0.4, 0.5) is 5.69 Å². The lowest BCUT2D eigenvalue weighted by Gasteiger charge is -2.16. The Morgan fingerprint density at radius 2 is 2.00 bits per heavy atom. The number of ether oxygens (including phenoxy) is 2. The number of halogens is 2. The van der Waals surface area contributed by atoms with Crippen molar-refractivity contribution in [1.29, 1.82) is 0 Å². The zero-order valence-electron chi connectivity index (χ0n) is 10.4. The maximum absolute atomic E-state index is 11.2. The monoisotopic (exact) mass is 379 g/mol. The van der Waals surface area contributed by atoms with Gasteiger partial charge in [-0.2, -0.15) is 0 Å². The van der Waals surface area contributed by atoms with E-state index in [9.17, 15) is 4.79 Å². The normalized spacial score (nSPS) is 11.8. The highest BCUT2D eigenvalue weighted by Gasteiger charge is 2.12. The van der Waals surface area contributed by atoms with Gasteiger partial charge in [-0.25, -0.2) is 0 Å². The average molecular weight is 381 g/mol. The van der Waals surface area contributed by atoms with Crippen molar-refractivity contribution in [3.63, 3.8) is 0 Å². The second kappa shape index (κ2) is 6.99. The summed E-state index contributed by atoms with van der Waals surface area (Å²) in [5, 5.41) is 3.23. The van der Waals surface area contributed by atoms with Crippen molar-refractivity contribution in [1.82, 2.24) is 0 Å². The maximum Gasteiger partial charge on any atom is 0.307 e. The fourth-order valence-electron chi connectivity index (χ4n) is 1.45. The van der Waals surface area contributed by atoms with E-state index in [2.05, 4.69) is 41.9 Å². The Kier molecular flexibility index (Phi) is 5.95. The summed E-state index contributed by atoms with van der Waals surface area (Å²) >= 11 is 6.86. The van der Waals surface area contributed by atoms with E-state index in [1.165, 1.54) is 7.11 Å². The summed E-state index contributed by atoms with van der Waals surface area (Å²) in [7, 11) is 2.99. The lowest BCUT2D eigenvalue weighted by atomic mass is 10.2. The van der Waals surface area contributed by atoms with Gasteiger partial charge in [0.1, 0.15) is 5.75 Å². The number of methoxy groups -OCH3 is 2. The van der Waals surface area contributed by atoms with Gasteiger partial charge in [-0.15, -0.1) is 0 Å². The van der Waals surface area contributed by atoms with Gasteiger partial charge in [0.05, 0.1) is 30.8 Å². The van der Waals surface area contributed by atoms with Crippen molar-refractivity contribution in [2.24, 2.45) is 0 Å². The third-order valence-corrected chi connectivity index (χ3v) is 3.62. The largest absolute Gasteiger partial charge is 0.495 e. The molecule has 1 rings (SSSR count). The van der Waals surface area contributed by atoms with Crippen LogP contribution in [0.1, 0.15) is 13.3 Å². The highest BCUT2D eigenvalue weighted by Crippen LogP contribution is 2.34. The molecule has 100 valence electrons. The first-order valence-electron chi connectivity index (χ1n) is 5.34. The van der Waals surface area contributed by atoms with Gasteiger partial charge < -0.3 is 14.8 Å². The minimum absolute atomic E-state index is 0.0281. The Morgan fingerprint density at radius 3 is 2.56 bits per heavy atom. The summed E-state index contributed by atoms with van der Waals surface area (Å²) < 4.78 is 11.6. The van der Waals surface area contributed by atoms with Gasteiger partial charge in [-0.3, -0.25) is 4.79 Å². The molecule has 0 amide bonds. The molecule has 0 saturated carbocycles. The summed E-state index contributed by atoms with van der Waals surface area (Å²) in [6, 6.07) is 3.73.